The van der Waals surface area contributed by atoms with Gasteiger partial charge in [0.1, 0.15) is 0 Å². The summed E-state index contributed by atoms with van der Waals surface area (Å²) in [6.07, 6.45) is 24.3. The van der Waals surface area contributed by atoms with Gasteiger partial charge in [0.25, 0.3) is 0 Å². The van der Waals surface area contributed by atoms with Gasteiger partial charge in [0.15, 0.2) is 5.75 Å². The Morgan fingerprint density at radius 1 is 0.829 bits per heavy atom. The molecule has 0 radical (unpaired) electrons. The highest BCUT2D eigenvalue weighted by Crippen LogP contribution is 2.13. The van der Waals surface area contributed by atoms with E-state index in [0.717, 1.165) is 18.4 Å². The molecule has 4 heteroatoms. The van der Waals surface area contributed by atoms with Crippen LogP contribution in [0.25, 0.3) is 0 Å². The maximum absolute atomic E-state index is 12.4. The zero-order valence-electron chi connectivity index (χ0n) is 21.9. The third-order valence-corrected chi connectivity index (χ3v) is 6.45. The summed E-state index contributed by atoms with van der Waals surface area (Å²) in [5.74, 6) is 0.367. The molecule has 0 aliphatic heterocycles. The summed E-state index contributed by atoms with van der Waals surface area (Å²) < 4.78 is 7.71. The van der Waals surface area contributed by atoms with Crippen molar-refractivity contribution in [3.05, 3.63) is 76.2 Å². The van der Waals surface area contributed by atoms with Crippen LogP contribution < -0.4 is 10.2 Å². The van der Waals surface area contributed by atoms with Gasteiger partial charge in [-0.05, 0) is 37.7 Å². The van der Waals surface area contributed by atoms with E-state index in [1.165, 1.54) is 83.1 Å². The number of rotatable bonds is 20. The molecule has 1 N–H and O–H groups in total. The monoisotopic (exact) mass is 481 g/mol. The molecule has 0 fully saturated rings. The van der Waals surface area contributed by atoms with Gasteiger partial charge in [-0.1, -0.05) is 107 Å². The Bertz CT molecular complexity index is 873. The Kier molecular flexibility index (Phi) is 15.6. The first kappa shape index (κ1) is 28.9. The molecule has 0 saturated heterocycles. The summed E-state index contributed by atoms with van der Waals surface area (Å²) in [6, 6.07) is 11.5. The molecule has 0 bridgehead atoms. The molecule has 0 aliphatic carbocycles. The summed E-state index contributed by atoms with van der Waals surface area (Å²) >= 11 is 0. The van der Waals surface area contributed by atoms with E-state index in [1.807, 2.05) is 34.9 Å². The molecule has 2 rings (SSSR count). The standard InChI is InChI=1S/C31H47NO3/c1-2-3-4-5-6-7-8-9-10-11-12-13-14-15-16-20-23-35-31-26-32(29(27-33)24-30(31)34)25-28-21-18-17-19-22-28/h9-10,17-19,21-22,24,26,33H,2-8,11-16,20,23,25,27H2,1H3/b10-9-. The lowest BCUT2D eigenvalue weighted by Crippen LogP contribution is -2.16. The van der Waals surface area contributed by atoms with Gasteiger partial charge in [-0.3, -0.25) is 4.79 Å². The van der Waals surface area contributed by atoms with Gasteiger partial charge < -0.3 is 14.4 Å². The van der Waals surface area contributed by atoms with E-state index in [0.29, 0.717) is 24.6 Å². The number of hydrogen-bond acceptors (Lipinski definition) is 3. The number of unbranched alkanes of at least 4 members (excludes halogenated alkanes) is 12. The Labute approximate surface area is 213 Å². The second kappa shape index (κ2) is 18.9. The first-order valence-electron chi connectivity index (χ1n) is 13.9. The van der Waals surface area contributed by atoms with Crippen molar-refractivity contribution >= 4 is 0 Å². The van der Waals surface area contributed by atoms with Crippen LogP contribution in [0.5, 0.6) is 5.75 Å². The fraction of sp³-hybridized carbons (Fsp3) is 0.581. The maximum atomic E-state index is 12.4. The predicted octanol–water partition coefficient (Wildman–Crippen LogP) is 7.81. The highest BCUT2D eigenvalue weighted by molar-refractivity contribution is 5.24. The molecule has 4 nitrogen and oxygen atoms in total. The van der Waals surface area contributed by atoms with Gasteiger partial charge >= 0.3 is 0 Å². The quantitative estimate of drug-likeness (QED) is 0.155. The summed E-state index contributed by atoms with van der Waals surface area (Å²) in [5, 5.41) is 9.64. The van der Waals surface area contributed by atoms with Crippen LogP contribution in [-0.2, 0) is 13.2 Å². The van der Waals surface area contributed by atoms with E-state index in [1.54, 1.807) is 6.20 Å². The first-order chi connectivity index (χ1) is 17.2. The van der Waals surface area contributed by atoms with E-state index < -0.39 is 0 Å². The third-order valence-electron chi connectivity index (χ3n) is 6.45. The second-order valence-electron chi connectivity index (χ2n) is 9.55. The van der Waals surface area contributed by atoms with Crippen molar-refractivity contribution in [1.82, 2.24) is 4.57 Å². The van der Waals surface area contributed by atoms with Gasteiger partial charge in [-0.25, -0.2) is 0 Å². The minimum absolute atomic E-state index is 0.164. The van der Waals surface area contributed by atoms with Crippen molar-refractivity contribution in [1.29, 1.82) is 0 Å². The number of aliphatic hydroxyl groups is 1. The van der Waals surface area contributed by atoms with Crippen LogP contribution in [0.1, 0.15) is 108 Å². The average molecular weight is 482 g/mol. The number of benzene rings is 1. The largest absolute Gasteiger partial charge is 0.488 e. The molecule has 1 aromatic heterocycles. The number of aliphatic hydroxyl groups excluding tert-OH is 1. The van der Waals surface area contributed by atoms with Gasteiger partial charge in [0.2, 0.25) is 5.43 Å². The Morgan fingerprint density at radius 2 is 1.43 bits per heavy atom. The molecule has 194 valence electrons. The fourth-order valence-electron chi connectivity index (χ4n) is 4.30. The van der Waals surface area contributed by atoms with E-state index in [9.17, 15) is 9.90 Å². The predicted molar refractivity (Wildman–Crippen MR) is 147 cm³/mol. The number of pyridine rings is 1. The van der Waals surface area contributed by atoms with Crippen molar-refractivity contribution in [3.63, 3.8) is 0 Å². The van der Waals surface area contributed by atoms with Gasteiger partial charge in [0.05, 0.1) is 19.4 Å². The van der Waals surface area contributed by atoms with Crippen molar-refractivity contribution in [2.75, 3.05) is 6.61 Å². The zero-order chi connectivity index (χ0) is 25.0. The minimum Gasteiger partial charge on any atom is -0.488 e. The summed E-state index contributed by atoms with van der Waals surface area (Å²) in [6.45, 7) is 3.25. The molecule has 1 aromatic carbocycles. The highest BCUT2D eigenvalue weighted by Gasteiger charge is 2.08. The van der Waals surface area contributed by atoms with E-state index in [-0.39, 0.29) is 12.0 Å². The van der Waals surface area contributed by atoms with Crippen LogP contribution in [0, 0.1) is 0 Å². The van der Waals surface area contributed by atoms with Crippen LogP contribution >= 0.6 is 0 Å². The number of aromatic nitrogens is 1. The van der Waals surface area contributed by atoms with Crippen LogP contribution in [0.3, 0.4) is 0 Å². The molecule has 35 heavy (non-hydrogen) atoms. The van der Waals surface area contributed by atoms with Crippen LogP contribution in [-0.4, -0.2) is 16.3 Å². The van der Waals surface area contributed by atoms with Crippen molar-refractivity contribution in [2.45, 2.75) is 110 Å². The lowest BCUT2D eigenvalue weighted by Gasteiger charge is -2.14. The Balaban J connectivity index is 1.54. The Morgan fingerprint density at radius 3 is 2.06 bits per heavy atom. The molecule has 1 heterocycles. The molecule has 0 saturated carbocycles. The SMILES string of the molecule is CCCCCCCC/C=C\CCCCCCCCOc1cn(Cc2ccccc2)c(CO)cc1=O. The van der Waals surface area contributed by atoms with E-state index in [2.05, 4.69) is 19.1 Å². The van der Waals surface area contributed by atoms with Gasteiger partial charge in [-0.2, -0.15) is 0 Å². The van der Waals surface area contributed by atoms with Gasteiger partial charge in [-0.15, -0.1) is 0 Å². The molecule has 0 aliphatic rings. The molecule has 0 amide bonds. The van der Waals surface area contributed by atoms with Crippen molar-refractivity contribution in [2.24, 2.45) is 0 Å². The number of allylic oxidation sites excluding steroid dienone is 2. The lowest BCUT2D eigenvalue weighted by atomic mass is 10.1. The number of nitrogens with zero attached hydrogens (tertiary/aromatic N) is 1. The second-order valence-corrected chi connectivity index (χ2v) is 9.55. The molecular formula is C31H47NO3. The molecule has 2 aromatic rings. The highest BCUT2D eigenvalue weighted by atomic mass is 16.5. The maximum Gasteiger partial charge on any atom is 0.223 e. The van der Waals surface area contributed by atoms with Crippen molar-refractivity contribution in [3.8, 4) is 5.75 Å². The minimum atomic E-state index is -0.169. The van der Waals surface area contributed by atoms with Crippen LogP contribution in [0.15, 0.2) is 59.5 Å². The first-order valence-corrected chi connectivity index (χ1v) is 13.9. The summed E-state index contributed by atoms with van der Waals surface area (Å²) in [7, 11) is 0. The third kappa shape index (κ3) is 12.8. The fourth-order valence-corrected chi connectivity index (χ4v) is 4.30. The van der Waals surface area contributed by atoms with Crippen molar-refractivity contribution < 1.29 is 9.84 Å². The van der Waals surface area contributed by atoms with Gasteiger partial charge in [0, 0.05) is 18.3 Å². The topological polar surface area (TPSA) is 51.5 Å². The van der Waals surface area contributed by atoms with Crippen LogP contribution in [0.4, 0.5) is 0 Å². The molecule has 0 atom stereocenters. The zero-order valence-corrected chi connectivity index (χ0v) is 21.9. The summed E-state index contributed by atoms with van der Waals surface area (Å²) in [5.41, 5.74) is 1.55. The Hall–Kier alpha value is -2.33. The number of hydrogen-bond donors (Lipinski definition) is 1. The normalized spacial score (nSPS) is 11.4. The smallest absolute Gasteiger partial charge is 0.223 e. The van der Waals surface area contributed by atoms with Crippen LogP contribution in [0.2, 0.25) is 0 Å². The van der Waals surface area contributed by atoms with E-state index >= 15 is 0 Å². The average Bonchev–Trinajstić information content (AvgIpc) is 2.88. The molecule has 0 spiro atoms. The lowest BCUT2D eigenvalue weighted by molar-refractivity contribution is 0.267. The number of ether oxygens (including phenoxy) is 1. The summed E-state index contributed by atoms with van der Waals surface area (Å²) in [4.78, 5) is 12.4. The molecular weight excluding hydrogens is 434 g/mol. The molecule has 0 unspecified atom stereocenters. The van der Waals surface area contributed by atoms with E-state index in [4.69, 9.17) is 4.74 Å².